The number of benzene rings is 3. The van der Waals surface area contributed by atoms with Gasteiger partial charge in [-0.3, -0.25) is 14.5 Å². The molecule has 0 unspecified atom stereocenters. The van der Waals surface area contributed by atoms with Gasteiger partial charge in [0, 0.05) is 41.6 Å². The summed E-state index contributed by atoms with van der Waals surface area (Å²) >= 11 is 0. The Balaban J connectivity index is 1.27. The van der Waals surface area contributed by atoms with Crippen molar-refractivity contribution in [1.82, 2.24) is 24.5 Å². The predicted octanol–water partition coefficient (Wildman–Crippen LogP) is 6.12. The van der Waals surface area contributed by atoms with E-state index in [9.17, 15) is 14.7 Å². The Morgan fingerprint density at radius 3 is 2.16 bits per heavy atom. The molecule has 0 radical (unpaired) electrons. The zero-order chi connectivity index (χ0) is 30.2. The molecular weight excluding hydrogens is 550 g/mol. The molecular formula is C36H27N5O3. The number of hydrogen-bond donors (Lipinski definition) is 1. The van der Waals surface area contributed by atoms with E-state index in [1.54, 1.807) is 28.8 Å². The summed E-state index contributed by atoms with van der Waals surface area (Å²) in [6.07, 6.45) is 3.65. The Hall–Kier alpha value is -5.47. The van der Waals surface area contributed by atoms with Crippen LogP contribution in [-0.4, -0.2) is 47.0 Å². The van der Waals surface area contributed by atoms with E-state index in [1.807, 2.05) is 73.8 Å². The highest BCUT2D eigenvalue weighted by Gasteiger charge is 2.61. The molecule has 3 aromatic heterocycles. The molecule has 1 aliphatic heterocycles. The molecule has 3 aromatic carbocycles. The second-order valence-electron chi connectivity index (χ2n) is 11.7. The number of nitrogens with zero attached hydrogens (tertiary/aromatic N) is 5. The Bertz CT molecular complexity index is 2130. The van der Waals surface area contributed by atoms with Crippen molar-refractivity contribution in [2.75, 3.05) is 0 Å². The van der Waals surface area contributed by atoms with Crippen LogP contribution in [0.25, 0.3) is 39.1 Å². The number of imide groups is 1. The minimum Gasteiger partial charge on any atom is -0.386 e. The lowest BCUT2D eigenvalue weighted by atomic mass is 9.60. The number of pyridine rings is 1. The maximum atomic E-state index is 13.6. The molecule has 44 heavy (non-hydrogen) atoms. The molecule has 1 aliphatic carbocycles. The number of carbonyl (C=O) groups is 2. The number of fused-ring (bicyclic) bond motifs is 4. The van der Waals surface area contributed by atoms with E-state index >= 15 is 0 Å². The number of aliphatic hydroxyl groups is 1. The van der Waals surface area contributed by atoms with Gasteiger partial charge in [-0.15, -0.1) is 6.58 Å². The van der Waals surface area contributed by atoms with Crippen LogP contribution >= 0.6 is 0 Å². The van der Waals surface area contributed by atoms with E-state index < -0.39 is 11.1 Å². The third kappa shape index (κ3) is 3.71. The van der Waals surface area contributed by atoms with Crippen molar-refractivity contribution in [2.45, 2.75) is 30.9 Å². The highest BCUT2D eigenvalue weighted by atomic mass is 16.3. The zero-order valence-electron chi connectivity index (χ0n) is 23.9. The van der Waals surface area contributed by atoms with E-state index in [0.717, 1.165) is 44.7 Å². The first-order chi connectivity index (χ1) is 21.3. The average Bonchev–Trinajstić information content (AvgIpc) is 3.55. The van der Waals surface area contributed by atoms with Gasteiger partial charge in [-0.05, 0) is 36.2 Å². The number of hydrogen-bond acceptors (Lipinski definition) is 6. The van der Waals surface area contributed by atoms with Crippen LogP contribution in [0.15, 0.2) is 110 Å². The predicted molar refractivity (Wildman–Crippen MR) is 167 cm³/mol. The van der Waals surface area contributed by atoms with E-state index in [1.165, 1.54) is 11.0 Å². The second kappa shape index (κ2) is 9.26. The Morgan fingerprint density at radius 2 is 1.50 bits per heavy atom. The maximum Gasteiger partial charge on any atom is 0.262 e. The van der Waals surface area contributed by atoms with Crippen LogP contribution < -0.4 is 0 Å². The minimum atomic E-state index is -1.18. The van der Waals surface area contributed by atoms with Crippen LogP contribution in [0.5, 0.6) is 0 Å². The van der Waals surface area contributed by atoms with E-state index in [4.69, 9.17) is 4.98 Å². The van der Waals surface area contributed by atoms with Crippen molar-refractivity contribution in [2.24, 2.45) is 0 Å². The maximum absolute atomic E-state index is 13.6. The number of carbonyl (C=O) groups excluding carboxylic acids is 2. The largest absolute Gasteiger partial charge is 0.386 e. The summed E-state index contributed by atoms with van der Waals surface area (Å²) in [5, 5.41) is 16.6. The third-order valence-electron chi connectivity index (χ3n) is 8.96. The molecule has 0 atom stereocenters. The molecule has 2 aliphatic rings. The van der Waals surface area contributed by atoms with Crippen LogP contribution in [0.4, 0.5) is 0 Å². The highest BCUT2D eigenvalue weighted by Crippen LogP contribution is 2.55. The van der Waals surface area contributed by atoms with E-state index in [0.29, 0.717) is 16.8 Å². The van der Waals surface area contributed by atoms with Gasteiger partial charge in [0.25, 0.3) is 11.8 Å². The normalized spacial score (nSPS) is 21.1. The Labute approximate surface area is 252 Å². The molecule has 1 fully saturated rings. The Kier molecular flexibility index (Phi) is 5.51. The Morgan fingerprint density at radius 1 is 0.841 bits per heavy atom. The number of amides is 2. The second-order valence-corrected chi connectivity index (χ2v) is 11.7. The molecule has 0 spiro atoms. The van der Waals surface area contributed by atoms with Crippen LogP contribution in [-0.2, 0) is 5.54 Å². The monoisotopic (exact) mass is 577 g/mol. The minimum absolute atomic E-state index is 0.168. The molecule has 8 rings (SSSR count). The highest BCUT2D eigenvalue weighted by molar-refractivity contribution is 6.22. The topological polar surface area (TPSA) is 101 Å². The van der Waals surface area contributed by atoms with Crippen LogP contribution in [0.3, 0.4) is 0 Å². The molecule has 4 heterocycles. The van der Waals surface area contributed by atoms with E-state index in [2.05, 4.69) is 22.7 Å². The fourth-order valence-corrected chi connectivity index (χ4v) is 6.82. The summed E-state index contributed by atoms with van der Waals surface area (Å²) in [4.78, 5) is 38.3. The number of aromatic nitrogens is 4. The molecule has 2 amide bonds. The number of aryl methyl sites for hydroxylation is 1. The number of rotatable bonds is 5. The van der Waals surface area contributed by atoms with Crippen molar-refractivity contribution in [3.05, 3.63) is 132 Å². The van der Waals surface area contributed by atoms with Crippen LogP contribution in [0.1, 0.15) is 44.8 Å². The van der Waals surface area contributed by atoms with Crippen LogP contribution in [0.2, 0.25) is 0 Å². The van der Waals surface area contributed by atoms with Crippen molar-refractivity contribution < 1.29 is 14.7 Å². The van der Waals surface area contributed by atoms with Gasteiger partial charge < -0.3 is 5.11 Å². The molecule has 1 N–H and O–H groups in total. The van der Waals surface area contributed by atoms with Gasteiger partial charge in [0.2, 0.25) is 0 Å². The SMILES string of the molecule is C=C[C@]1(O)C[C@@](c2ccc(-c3nc4c(cnc5cc(C)nn54)cc3-c3ccccc3)cc2)(N2C(=O)c3ccccc3C2=O)C1. The van der Waals surface area contributed by atoms with E-state index in [-0.39, 0.29) is 24.7 Å². The van der Waals surface area contributed by atoms with Gasteiger partial charge in [0.15, 0.2) is 11.3 Å². The lowest BCUT2D eigenvalue weighted by molar-refractivity contribution is -0.0989. The summed E-state index contributed by atoms with van der Waals surface area (Å²) in [6.45, 7) is 5.73. The zero-order valence-corrected chi connectivity index (χ0v) is 23.9. The molecule has 1 saturated carbocycles. The smallest absolute Gasteiger partial charge is 0.262 e. The summed E-state index contributed by atoms with van der Waals surface area (Å²) in [5.41, 5.74) is 5.16. The summed E-state index contributed by atoms with van der Waals surface area (Å²) in [7, 11) is 0. The van der Waals surface area contributed by atoms with Gasteiger partial charge in [0.1, 0.15) is 0 Å². The summed E-state index contributed by atoms with van der Waals surface area (Å²) in [5.74, 6) is -0.703. The molecule has 6 aromatic rings. The molecule has 0 saturated heterocycles. The first-order valence-electron chi connectivity index (χ1n) is 14.5. The molecule has 8 nitrogen and oxygen atoms in total. The fraction of sp³-hybridized carbons (Fsp3) is 0.139. The van der Waals surface area contributed by atoms with Crippen molar-refractivity contribution in [3.8, 4) is 22.4 Å². The van der Waals surface area contributed by atoms with Gasteiger partial charge >= 0.3 is 0 Å². The lowest BCUT2D eigenvalue weighted by Crippen LogP contribution is -2.63. The fourth-order valence-electron chi connectivity index (χ4n) is 6.82. The van der Waals surface area contributed by atoms with Crippen molar-refractivity contribution in [1.29, 1.82) is 0 Å². The van der Waals surface area contributed by atoms with Crippen molar-refractivity contribution >= 4 is 28.5 Å². The van der Waals surface area contributed by atoms with Gasteiger partial charge in [-0.2, -0.15) is 9.61 Å². The standard InChI is InChI=1S/C36H27N5O3/c1-3-35(44)20-36(21-35,40-33(42)27-11-7-8-12-28(27)34(40)43)26-15-13-24(14-16-26)31-29(23-9-5-4-6-10-23)18-25-19-37-30-17-22(2)39-41(30)32(25)38-31/h3-19,44H,1,20-21H2,2H3/t35-,36+. The van der Waals surface area contributed by atoms with Gasteiger partial charge in [-0.1, -0.05) is 72.8 Å². The molecule has 8 heteroatoms. The van der Waals surface area contributed by atoms with Gasteiger partial charge in [-0.25, -0.2) is 9.97 Å². The lowest BCUT2D eigenvalue weighted by Gasteiger charge is -2.55. The first-order valence-corrected chi connectivity index (χ1v) is 14.5. The third-order valence-corrected chi connectivity index (χ3v) is 8.96. The summed E-state index contributed by atoms with van der Waals surface area (Å²) < 4.78 is 1.76. The molecule has 0 bridgehead atoms. The first kappa shape index (κ1) is 26.2. The van der Waals surface area contributed by atoms with Gasteiger partial charge in [0.05, 0.1) is 33.7 Å². The van der Waals surface area contributed by atoms with Crippen LogP contribution in [0, 0.1) is 6.92 Å². The van der Waals surface area contributed by atoms with Crippen molar-refractivity contribution in [3.63, 3.8) is 0 Å². The summed E-state index contributed by atoms with van der Waals surface area (Å²) in [6, 6.07) is 28.7. The molecule has 214 valence electrons. The average molecular weight is 578 g/mol. The quantitative estimate of drug-likeness (QED) is 0.196.